The van der Waals surface area contributed by atoms with Crippen LogP contribution in [0, 0.1) is 0 Å². The summed E-state index contributed by atoms with van der Waals surface area (Å²) < 4.78 is 0. The van der Waals surface area contributed by atoms with Crippen LogP contribution in [0.3, 0.4) is 0 Å². The van der Waals surface area contributed by atoms with E-state index in [0.29, 0.717) is 11.2 Å². The molecule has 0 bridgehead atoms. The Kier molecular flexibility index (Phi) is 3.21. The zero-order valence-electron chi connectivity index (χ0n) is 8.48. The van der Waals surface area contributed by atoms with Crippen molar-refractivity contribution < 1.29 is 0 Å². The van der Waals surface area contributed by atoms with Gasteiger partial charge in [0, 0.05) is 24.9 Å². The molecule has 0 amide bonds. The average molecular weight is 245 g/mol. The van der Waals surface area contributed by atoms with Gasteiger partial charge in [-0.15, -0.1) is 0 Å². The van der Waals surface area contributed by atoms with Crippen molar-refractivity contribution in [3.8, 4) is 0 Å². The molecular formula is C9H13ClN4S. The zero-order chi connectivity index (χ0) is 10.8. The van der Waals surface area contributed by atoms with Crippen LogP contribution in [0.5, 0.6) is 0 Å². The van der Waals surface area contributed by atoms with Crippen LogP contribution in [0.2, 0.25) is 5.15 Å². The van der Waals surface area contributed by atoms with Gasteiger partial charge in [0.05, 0.1) is 0 Å². The highest BCUT2D eigenvalue weighted by molar-refractivity contribution is 7.99. The molecule has 15 heavy (non-hydrogen) atoms. The van der Waals surface area contributed by atoms with E-state index in [0.717, 1.165) is 11.6 Å². The summed E-state index contributed by atoms with van der Waals surface area (Å²) in [5.74, 6) is 3.39. The maximum absolute atomic E-state index is 5.84. The van der Waals surface area contributed by atoms with Gasteiger partial charge in [0.25, 0.3) is 0 Å². The third kappa shape index (κ3) is 2.46. The Hall–Kier alpha value is -0.680. The molecule has 0 radical (unpaired) electrons. The number of anilines is 2. The molecule has 0 spiro atoms. The molecule has 1 aromatic rings. The molecule has 2 heterocycles. The van der Waals surface area contributed by atoms with Crippen LogP contribution in [0.15, 0.2) is 6.07 Å². The Morgan fingerprint density at radius 1 is 1.60 bits per heavy atom. The number of halogens is 1. The molecule has 1 aliphatic heterocycles. The van der Waals surface area contributed by atoms with Crippen molar-refractivity contribution in [1.29, 1.82) is 0 Å². The number of hydrogen-bond donors (Lipinski definition) is 1. The Bertz CT molecular complexity index is 334. The summed E-state index contributed by atoms with van der Waals surface area (Å²) >= 11 is 7.80. The topological polar surface area (TPSA) is 55.0 Å². The minimum atomic E-state index is 0.231. The van der Waals surface area contributed by atoms with Crippen LogP contribution in [0.4, 0.5) is 11.8 Å². The Morgan fingerprint density at radius 2 is 2.40 bits per heavy atom. The number of thioether (sulfide) groups is 1. The second-order valence-corrected chi connectivity index (χ2v) is 5.07. The van der Waals surface area contributed by atoms with Crippen molar-refractivity contribution in [2.45, 2.75) is 12.5 Å². The minimum Gasteiger partial charge on any atom is -0.368 e. The van der Waals surface area contributed by atoms with Gasteiger partial charge in [-0.25, -0.2) is 4.98 Å². The third-order valence-electron chi connectivity index (χ3n) is 2.51. The van der Waals surface area contributed by atoms with Gasteiger partial charge in [-0.05, 0) is 12.2 Å². The van der Waals surface area contributed by atoms with E-state index in [2.05, 4.69) is 14.9 Å². The molecule has 6 heteroatoms. The van der Waals surface area contributed by atoms with Gasteiger partial charge in [-0.2, -0.15) is 16.7 Å². The fraction of sp³-hybridized carbons (Fsp3) is 0.556. The molecule has 1 aliphatic rings. The van der Waals surface area contributed by atoms with E-state index in [9.17, 15) is 0 Å². The summed E-state index contributed by atoms with van der Waals surface area (Å²) in [6.07, 6.45) is 1.18. The fourth-order valence-electron chi connectivity index (χ4n) is 1.62. The predicted molar refractivity (Wildman–Crippen MR) is 65.6 cm³/mol. The number of nitrogens with zero attached hydrogens (tertiary/aromatic N) is 3. The number of aromatic nitrogens is 2. The number of nitrogens with two attached hydrogens (primary N) is 1. The van der Waals surface area contributed by atoms with Gasteiger partial charge in [0.2, 0.25) is 5.95 Å². The maximum Gasteiger partial charge on any atom is 0.223 e. The summed E-state index contributed by atoms with van der Waals surface area (Å²) in [4.78, 5) is 10.1. The van der Waals surface area contributed by atoms with E-state index in [4.69, 9.17) is 17.3 Å². The molecule has 1 aromatic heterocycles. The van der Waals surface area contributed by atoms with Crippen LogP contribution in [-0.2, 0) is 0 Å². The van der Waals surface area contributed by atoms with Gasteiger partial charge in [0.1, 0.15) is 11.0 Å². The highest BCUT2D eigenvalue weighted by Crippen LogP contribution is 2.26. The van der Waals surface area contributed by atoms with Gasteiger partial charge in [-0.3, -0.25) is 0 Å². The smallest absolute Gasteiger partial charge is 0.223 e. The number of hydrogen-bond acceptors (Lipinski definition) is 5. The number of nitrogen functional groups attached to an aromatic ring is 1. The van der Waals surface area contributed by atoms with E-state index in [1.807, 2.05) is 18.8 Å². The monoisotopic (exact) mass is 244 g/mol. The third-order valence-corrected chi connectivity index (χ3v) is 3.85. The number of rotatable bonds is 2. The molecular weight excluding hydrogens is 232 g/mol. The molecule has 0 saturated carbocycles. The van der Waals surface area contributed by atoms with Crippen molar-refractivity contribution in [3.05, 3.63) is 11.2 Å². The van der Waals surface area contributed by atoms with E-state index < -0.39 is 0 Å². The van der Waals surface area contributed by atoms with Crippen LogP contribution < -0.4 is 10.6 Å². The molecule has 2 rings (SSSR count). The summed E-state index contributed by atoms with van der Waals surface area (Å²) in [6, 6.07) is 2.28. The van der Waals surface area contributed by atoms with Crippen LogP contribution >= 0.6 is 23.4 Å². The summed E-state index contributed by atoms with van der Waals surface area (Å²) in [5, 5.41) is 0.398. The highest BCUT2D eigenvalue weighted by Gasteiger charge is 2.21. The molecule has 1 atom stereocenters. The normalized spacial score (nSPS) is 20.5. The van der Waals surface area contributed by atoms with E-state index in [1.54, 1.807) is 6.07 Å². The lowest BCUT2D eigenvalue weighted by Crippen LogP contribution is -2.32. The average Bonchev–Trinajstić information content (AvgIpc) is 2.67. The molecule has 1 fully saturated rings. The molecule has 1 saturated heterocycles. The highest BCUT2D eigenvalue weighted by atomic mass is 35.5. The van der Waals surface area contributed by atoms with E-state index >= 15 is 0 Å². The first-order chi connectivity index (χ1) is 7.16. The van der Waals surface area contributed by atoms with Crippen molar-refractivity contribution in [2.75, 3.05) is 29.2 Å². The van der Waals surface area contributed by atoms with Crippen LogP contribution in [-0.4, -0.2) is 34.6 Å². The van der Waals surface area contributed by atoms with Crippen LogP contribution in [0.1, 0.15) is 6.42 Å². The second kappa shape index (κ2) is 4.45. The Morgan fingerprint density at radius 3 is 3.00 bits per heavy atom. The van der Waals surface area contributed by atoms with E-state index in [1.165, 1.54) is 12.2 Å². The van der Waals surface area contributed by atoms with E-state index in [-0.39, 0.29) is 5.95 Å². The summed E-state index contributed by atoms with van der Waals surface area (Å²) in [5.41, 5.74) is 5.56. The molecule has 0 aliphatic carbocycles. The lowest BCUT2D eigenvalue weighted by atomic mass is 10.2. The van der Waals surface area contributed by atoms with Gasteiger partial charge in [0.15, 0.2) is 0 Å². The molecule has 1 unspecified atom stereocenters. The second-order valence-electron chi connectivity index (χ2n) is 3.54. The lowest BCUT2D eigenvalue weighted by molar-refractivity contribution is 0.691. The predicted octanol–water partition coefficient (Wildman–Crippen LogP) is 1.65. The molecule has 0 aromatic carbocycles. The molecule has 4 nitrogen and oxygen atoms in total. The first kappa shape index (κ1) is 10.8. The minimum absolute atomic E-state index is 0.231. The van der Waals surface area contributed by atoms with Crippen LogP contribution in [0.25, 0.3) is 0 Å². The van der Waals surface area contributed by atoms with Gasteiger partial charge < -0.3 is 10.6 Å². The van der Waals surface area contributed by atoms with Crippen molar-refractivity contribution in [2.24, 2.45) is 0 Å². The zero-order valence-corrected chi connectivity index (χ0v) is 10.1. The van der Waals surface area contributed by atoms with Crippen molar-refractivity contribution in [1.82, 2.24) is 9.97 Å². The molecule has 2 N–H and O–H groups in total. The lowest BCUT2D eigenvalue weighted by Gasteiger charge is -2.24. The van der Waals surface area contributed by atoms with Gasteiger partial charge >= 0.3 is 0 Å². The summed E-state index contributed by atoms with van der Waals surface area (Å²) in [7, 11) is 2.02. The van der Waals surface area contributed by atoms with Gasteiger partial charge in [-0.1, -0.05) is 11.6 Å². The fourth-order valence-corrected chi connectivity index (χ4v) is 3.07. The van der Waals surface area contributed by atoms with Crippen molar-refractivity contribution in [3.63, 3.8) is 0 Å². The Labute approximate surface area is 98.2 Å². The maximum atomic E-state index is 5.84. The Balaban J connectivity index is 2.20. The first-order valence-electron chi connectivity index (χ1n) is 4.77. The molecule has 82 valence electrons. The quantitative estimate of drug-likeness (QED) is 0.802. The SMILES string of the molecule is CN(c1cc(Cl)nc(N)n1)C1CCSC1. The largest absolute Gasteiger partial charge is 0.368 e. The standard InChI is InChI=1S/C9H13ClN4S/c1-14(6-2-3-15-5-6)8-4-7(10)12-9(11)13-8/h4,6H,2-3,5H2,1H3,(H2,11,12,13). The van der Waals surface area contributed by atoms with Crippen molar-refractivity contribution >= 4 is 35.1 Å². The summed E-state index contributed by atoms with van der Waals surface area (Å²) in [6.45, 7) is 0. The first-order valence-corrected chi connectivity index (χ1v) is 6.30.